The highest BCUT2D eigenvalue weighted by Gasteiger charge is 2.03. The van der Waals surface area contributed by atoms with Gasteiger partial charge in [-0.2, -0.15) is 0 Å². The van der Waals surface area contributed by atoms with Gasteiger partial charge >= 0.3 is 6.01 Å². The average molecular weight is 336 g/mol. The molecule has 0 fully saturated rings. The second-order valence-corrected chi connectivity index (χ2v) is 5.57. The monoisotopic (exact) mass is 336 g/mol. The Labute approximate surface area is 147 Å². The molecule has 0 unspecified atom stereocenters. The van der Waals surface area contributed by atoms with E-state index in [0.717, 1.165) is 11.3 Å². The summed E-state index contributed by atoms with van der Waals surface area (Å²) in [5.74, 6) is 2.22. The van der Waals surface area contributed by atoms with E-state index in [4.69, 9.17) is 14.2 Å². The third-order valence-corrected chi connectivity index (χ3v) is 3.51. The van der Waals surface area contributed by atoms with Crippen molar-refractivity contribution < 1.29 is 14.2 Å². The molecular formula is C20H20N2O3. The quantitative estimate of drug-likeness (QED) is 0.601. The van der Waals surface area contributed by atoms with E-state index in [1.54, 1.807) is 24.5 Å². The van der Waals surface area contributed by atoms with Crippen molar-refractivity contribution in [3.63, 3.8) is 0 Å². The molecule has 3 aromatic rings. The van der Waals surface area contributed by atoms with Crippen LogP contribution in [0.25, 0.3) is 0 Å². The van der Waals surface area contributed by atoms with E-state index >= 15 is 0 Å². The van der Waals surface area contributed by atoms with Gasteiger partial charge in [-0.25, -0.2) is 9.97 Å². The summed E-state index contributed by atoms with van der Waals surface area (Å²) in [7, 11) is 0. The third-order valence-electron chi connectivity index (χ3n) is 3.51. The van der Waals surface area contributed by atoms with Gasteiger partial charge in [0.25, 0.3) is 0 Å². The molecule has 0 spiro atoms. The fourth-order valence-corrected chi connectivity index (χ4v) is 2.24. The standard InChI is InChI=1S/C20H20N2O3/c1-15-7-8-16(2)19(13-15)24-12-11-23-17-5-3-6-18(14-17)25-20-21-9-4-10-22-20/h3-10,13-14H,11-12H2,1-2H3. The largest absolute Gasteiger partial charge is 0.490 e. The molecule has 3 rings (SSSR count). The molecular weight excluding hydrogens is 316 g/mol. The van der Waals surface area contributed by atoms with Crippen LogP contribution in [0.1, 0.15) is 11.1 Å². The van der Waals surface area contributed by atoms with Gasteiger partial charge in [0.05, 0.1) is 0 Å². The number of ether oxygens (including phenoxy) is 3. The zero-order chi connectivity index (χ0) is 17.5. The Bertz CT molecular complexity index is 822. The average Bonchev–Trinajstić information content (AvgIpc) is 2.63. The molecule has 0 atom stereocenters. The normalized spacial score (nSPS) is 10.3. The minimum Gasteiger partial charge on any atom is -0.490 e. The summed E-state index contributed by atoms with van der Waals surface area (Å²) in [5, 5.41) is 0. The maximum absolute atomic E-state index is 5.79. The van der Waals surface area contributed by atoms with Crippen molar-refractivity contribution in [3.8, 4) is 23.3 Å². The number of nitrogens with zero attached hydrogens (tertiary/aromatic N) is 2. The summed E-state index contributed by atoms with van der Waals surface area (Å²) in [6, 6.07) is 15.6. The maximum Gasteiger partial charge on any atom is 0.321 e. The van der Waals surface area contributed by atoms with Crippen molar-refractivity contribution in [2.45, 2.75) is 13.8 Å². The number of rotatable bonds is 7. The van der Waals surface area contributed by atoms with Gasteiger partial charge in [0.2, 0.25) is 0 Å². The highest BCUT2D eigenvalue weighted by Crippen LogP contribution is 2.23. The molecule has 0 amide bonds. The van der Waals surface area contributed by atoms with Crippen LogP contribution in [0.15, 0.2) is 60.9 Å². The first-order valence-electron chi connectivity index (χ1n) is 8.08. The zero-order valence-corrected chi connectivity index (χ0v) is 14.3. The first kappa shape index (κ1) is 16.8. The Morgan fingerprint density at radius 3 is 2.40 bits per heavy atom. The van der Waals surface area contributed by atoms with Crippen LogP contribution in [0.5, 0.6) is 23.3 Å². The van der Waals surface area contributed by atoms with Crippen molar-refractivity contribution in [2.75, 3.05) is 13.2 Å². The van der Waals surface area contributed by atoms with E-state index < -0.39 is 0 Å². The van der Waals surface area contributed by atoms with E-state index in [0.29, 0.717) is 30.7 Å². The number of benzene rings is 2. The number of aromatic nitrogens is 2. The maximum atomic E-state index is 5.79. The van der Waals surface area contributed by atoms with E-state index in [1.165, 1.54) is 5.56 Å². The van der Waals surface area contributed by atoms with Gasteiger partial charge in [-0.15, -0.1) is 0 Å². The first-order valence-corrected chi connectivity index (χ1v) is 8.08. The lowest BCUT2D eigenvalue weighted by Crippen LogP contribution is -2.09. The van der Waals surface area contributed by atoms with Gasteiger partial charge < -0.3 is 14.2 Å². The van der Waals surface area contributed by atoms with Crippen molar-refractivity contribution >= 4 is 0 Å². The van der Waals surface area contributed by atoms with Gasteiger partial charge in [0, 0.05) is 18.5 Å². The summed E-state index contributed by atoms with van der Waals surface area (Å²) < 4.78 is 17.1. The van der Waals surface area contributed by atoms with E-state index in [9.17, 15) is 0 Å². The SMILES string of the molecule is Cc1ccc(C)c(OCCOc2cccc(Oc3ncccn3)c2)c1. The Morgan fingerprint density at radius 2 is 1.56 bits per heavy atom. The van der Waals surface area contributed by atoms with Gasteiger partial charge in [-0.05, 0) is 49.2 Å². The van der Waals surface area contributed by atoms with E-state index in [-0.39, 0.29) is 0 Å². The summed E-state index contributed by atoms with van der Waals surface area (Å²) >= 11 is 0. The van der Waals surface area contributed by atoms with Crippen molar-refractivity contribution in [3.05, 3.63) is 72.1 Å². The summed E-state index contributed by atoms with van der Waals surface area (Å²) in [5.41, 5.74) is 2.29. The molecule has 0 radical (unpaired) electrons. The van der Waals surface area contributed by atoms with Crippen LogP contribution in [0, 0.1) is 13.8 Å². The zero-order valence-electron chi connectivity index (χ0n) is 14.3. The van der Waals surface area contributed by atoms with Crippen LogP contribution < -0.4 is 14.2 Å². The molecule has 5 heteroatoms. The van der Waals surface area contributed by atoms with Crippen LogP contribution in [-0.2, 0) is 0 Å². The molecule has 0 aliphatic rings. The van der Waals surface area contributed by atoms with Crippen LogP contribution in [-0.4, -0.2) is 23.2 Å². The molecule has 0 saturated heterocycles. The molecule has 0 aliphatic carbocycles. The lowest BCUT2D eigenvalue weighted by atomic mass is 10.1. The third kappa shape index (κ3) is 4.94. The van der Waals surface area contributed by atoms with Gasteiger partial charge in [-0.3, -0.25) is 0 Å². The fourth-order valence-electron chi connectivity index (χ4n) is 2.24. The Kier molecular flexibility index (Phi) is 5.46. The summed E-state index contributed by atoms with van der Waals surface area (Å²) in [6.45, 7) is 4.99. The Balaban J connectivity index is 1.51. The predicted molar refractivity (Wildman–Crippen MR) is 95.5 cm³/mol. The molecule has 0 bridgehead atoms. The fraction of sp³-hybridized carbons (Fsp3) is 0.200. The molecule has 25 heavy (non-hydrogen) atoms. The van der Waals surface area contributed by atoms with E-state index in [2.05, 4.69) is 22.1 Å². The molecule has 1 aromatic heterocycles. The van der Waals surface area contributed by atoms with Crippen molar-refractivity contribution in [1.82, 2.24) is 9.97 Å². The van der Waals surface area contributed by atoms with Crippen LogP contribution in [0.2, 0.25) is 0 Å². The molecule has 0 saturated carbocycles. The molecule has 128 valence electrons. The lowest BCUT2D eigenvalue weighted by molar-refractivity contribution is 0.216. The minimum atomic E-state index is 0.304. The summed E-state index contributed by atoms with van der Waals surface area (Å²) in [6.07, 6.45) is 3.26. The number of hydrogen-bond donors (Lipinski definition) is 0. The van der Waals surface area contributed by atoms with Gasteiger partial charge in [0.15, 0.2) is 0 Å². The smallest absolute Gasteiger partial charge is 0.321 e. The lowest BCUT2D eigenvalue weighted by Gasteiger charge is -2.11. The summed E-state index contributed by atoms with van der Waals surface area (Å²) in [4.78, 5) is 8.07. The van der Waals surface area contributed by atoms with E-state index in [1.807, 2.05) is 38.1 Å². The number of aryl methyl sites for hydroxylation is 2. The van der Waals surface area contributed by atoms with Gasteiger partial charge in [0.1, 0.15) is 30.5 Å². The molecule has 2 aromatic carbocycles. The van der Waals surface area contributed by atoms with Crippen LogP contribution in [0.3, 0.4) is 0 Å². The highest BCUT2D eigenvalue weighted by molar-refractivity contribution is 5.36. The van der Waals surface area contributed by atoms with Gasteiger partial charge in [-0.1, -0.05) is 18.2 Å². The number of hydrogen-bond acceptors (Lipinski definition) is 5. The Morgan fingerprint density at radius 1 is 0.800 bits per heavy atom. The molecule has 0 aliphatic heterocycles. The second-order valence-electron chi connectivity index (χ2n) is 5.57. The minimum absolute atomic E-state index is 0.304. The van der Waals surface area contributed by atoms with Crippen molar-refractivity contribution in [2.24, 2.45) is 0 Å². The second kappa shape index (κ2) is 8.15. The van der Waals surface area contributed by atoms with Crippen molar-refractivity contribution in [1.29, 1.82) is 0 Å². The first-order chi connectivity index (χ1) is 12.2. The molecule has 0 N–H and O–H groups in total. The van der Waals surface area contributed by atoms with Crippen LogP contribution in [0.4, 0.5) is 0 Å². The predicted octanol–water partition coefficient (Wildman–Crippen LogP) is 4.34. The Hall–Kier alpha value is -3.08. The highest BCUT2D eigenvalue weighted by atomic mass is 16.5. The topological polar surface area (TPSA) is 53.5 Å². The van der Waals surface area contributed by atoms with Crippen LogP contribution >= 0.6 is 0 Å². The molecule has 1 heterocycles. The molecule has 5 nitrogen and oxygen atoms in total.